The summed E-state index contributed by atoms with van der Waals surface area (Å²) in [4.78, 5) is 26.1. The zero-order valence-corrected chi connectivity index (χ0v) is 17.0. The number of benzene rings is 1. The van der Waals surface area contributed by atoms with Crippen LogP contribution >= 0.6 is 11.5 Å². The smallest absolute Gasteiger partial charge is 0.254 e. The number of nitrogens with zero attached hydrogens (tertiary/aromatic N) is 6. The van der Waals surface area contributed by atoms with Gasteiger partial charge in [0.25, 0.3) is 5.91 Å². The molecule has 1 aromatic carbocycles. The normalized spacial score (nSPS) is 16.2. The average molecular weight is 400 g/mol. The molecule has 1 amide bonds. The highest BCUT2D eigenvalue weighted by molar-refractivity contribution is 7.09. The first-order valence-electron chi connectivity index (χ1n) is 9.01. The molecule has 9 heteroatoms. The lowest BCUT2D eigenvalue weighted by Crippen LogP contribution is -2.41. The first kappa shape index (κ1) is 18.5. The first-order chi connectivity index (χ1) is 13.4. The lowest BCUT2D eigenvalue weighted by molar-refractivity contribution is 0.0645. The highest BCUT2D eigenvalue weighted by atomic mass is 32.1. The van der Waals surface area contributed by atoms with Crippen molar-refractivity contribution in [3.8, 4) is 10.8 Å². The third-order valence-electron chi connectivity index (χ3n) is 4.91. The van der Waals surface area contributed by atoms with Crippen LogP contribution in [0, 0.1) is 12.7 Å². The van der Waals surface area contributed by atoms with Crippen molar-refractivity contribution in [2.24, 2.45) is 0 Å². The van der Waals surface area contributed by atoms with Gasteiger partial charge in [0.15, 0.2) is 16.6 Å². The second-order valence-corrected chi connectivity index (χ2v) is 7.77. The Hall–Kier alpha value is -2.81. The summed E-state index contributed by atoms with van der Waals surface area (Å²) in [6, 6.07) is 5.50. The minimum absolute atomic E-state index is 0.113. The van der Waals surface area contributed by atoms with E-state index in [1.165, 1.54) is 35.8 Å². The number of hydrogen-bond acceptors (Lipinski definition) is 6. The Balaban J connectivity index is 1.74. The van der Waals surface area contributed by atoms with E-state index in [1.54, 1.807) is 0 Å². The highest BCUT2D eigenvalue weighted by Crippen LogP contribution is 2.37. The molecular formula is C19H21FN6OS. The van der Waals surface area contributed by atoms with Gasteiger partial charge in [-0.2, -0.15) is 4.37 Å². The van der Waals surface area contributed by atoms with Gasteiger partial charge in [-0.25, -0.2) is 14.4 Å². The molecule has 1 unspecified atom stereocenters. The molecule has 0 bridgehead atoms. The van der Waals surface area contributed by atoms with Crippen LogP contribution in [-0.2, 0) is 6.54 Å². The molecule has 0 aliphatic carbocycles. The Morgan fingerprint density at radius 1 is 1.21 bits per heavy atom. The maximum atomic E-state index is 13.2. The van der Waals surface area contributed by atoms with Crippen LogP contribution in [0.1, 0.15) is 34.8 Å². The van der Waals surface area contributed by atoms with E-state index in [1.807, 2.05) is 37.7 Å². The number of aromatic nitrogens is 4. The lowest BCUT2D eigenvalue weighted by atomic mass is 10.1. The Morgan fingerprint density at radius 2 is 1.93 bits per heavy atom. The Morgan fingerprint density at radius 3 is 2.54 bits per heavy atom. The number of halogens is 1. The lowest BCUT2D eigenvalue weighted by Gasteiger charge is -2.36. The second-order valence-electron chi connectivity index (χ2n) is 7.02. The summed E-state index contributed by atoms with van der Waals surface area (Å²) >= 11 is 1.33. The Bertz CT molecular complexity index is 1030. The number of hydrogen-bond donors (Lipinski definition) is 0. The van der Waals surface area contributed by atoms with Gasteiger partial charge in [0.05, 0.1) is 11.7 Å². The summed E-state index contributed by atoms with van der Waals surface area (Å²) in [6.07, 6.45) is 0. The molecule has 2 aromatic heterocycles. The van der Waals surface area contributed by atoms with Gasteiger partial charge in [-0.15, -0.1) is 0 Å². The fraction of sp³-hybridized carbons (Fsp3) is 0.368. The zero-order valence-electron chi connectivity index (χ0n) is 16.2. The van der Waals surface area contributed by atoms with Crippen molar-refractivity contribution < 1.29 is 9.18 Å². The molecule has 0 saturated carbocycles. The van der Waals surface area contributed by atoms with Crippen LogP contribution in [0.5, 0.6) is 0 Å². The third kappa shape index (κ3) is 3.05. The zero-order chi connectivity index (χ0) is 20.0. The minimum Gasteiger partial charge on any atom is -0.361 e. The SMILES string of the molecule is Cc1nsc(-c2nc(N(C)C)c3n2CCN(C(=O)c2ccc(F)cc2)C3C)n1. The van der Waals surface area contributed by atoms with Gasteiger partial charge in [0, 0.05) is 32.7 Å². The van der Waals surface area contributed by atoms with Gasteiger partial charge >= 0.3 is 0 Å². The Kier molecular flexibility index (Phi) is 4.62. The third-order valence-corrected chi connectivity index (χ3v) is 5.71. The molecule has 3 aromatic rings. The fourth-order valence-electron chi connectivity index (χ4n) is 3.56. The summed E-state index contributed by atoms with van der Waals surface area (Å²) in [5, 5.41) is 0.775. The summed E-state index contributed by atoms with van der Waals surface area (Å²) in [6.45, 7) is 5.01. The standard InChI is InChI=1S/C19H21FN6OS/c1-11-15-16(24(3)4)22-17(18-21-12(2)23-28-18)26(15)10-9-25(11)19(27)13-5-7-14(20)8-6-13/h5-8,11H,9-10H2,1-4H3. The summed E-state index contributed by atoms with van der Waals surface area (Å²) in [5.41, 5.74) is 1.45. The average Bonchev–Trinajstić information content (AvgIpc) is 3.26. The van der Waals surface area contributed by atoms with Gasteiger partial charge < -0.3 is 14.4 Å². The largest absolute Gasteiger partial charge is 0.361 e. The van der Waals surface area contributed by atoms with Crippen molar-refractivity contribution in [2.75, 3.05) is 25.5 Å². The molecule has 0 saturated heterocycles. The molecule has 28 heavy (non-hydrogen) atoms. The van der Waals surface area contributed by atoms with E-state index in [0.29, 0.717) is 18.7 Å². The van der Waals surface area contributed by atoms with Crippen molar-refractivity contribution in [2.45, 2.75) is 26.4 Å². The summed E-state index contributed by atoms with van der Waals surface area (Å²) in [7, 11) is 3.87. The van der Waals surface area contributed by atoms with Gasteiger partial charge in [0.2, 0.25) is 0 Å². The molecule has 0 radical (unpaired) electrons. The van der Waals surface area contributed by atoms with E-state index in [-0.39, 0.29) is 17.8 Å². The number of anilines is 1. The molecule has 0 N–H and O–H groups in total. The second kappa shape index (κ2) is 6.97. The number of carbonyl (C=O) groups excluding carboxylic acids is 1. The van der Waals surface area contributed by atoms with Crippen molar-refractivity contribution in [1.29, 1.82) is 0 Å². The molecule has 1 aliphatic rings. The van der Waals surface area contributed by atoms with Crippen molar-refractivity contribution >= 4 is 23.3 Å². The van der Waals surface area contributed by atoms with Gasteiger partial charge in [-0.05, 0) is 49.6 Å². The molecule has 0 fully saturated rings. The number of rotatable bonds is 3. The van der Waals surface area contributed by atoms with Gasteiger partial charge in [-0.3, -0.25) is 4.79 Å². The number of aryl methyl sites for hydroxylation is 1. The molecule has 7 nitrogen and oxygen atoms in total. The molecule has 0 spiro atoms. The number of carbonyl (C=O) groups is 1. The van der Waals surface area contributed by atoms with Crippen LogP contribution in [0.2, 0.25) is 0 Å². The fourth-order valence-corrected chi connectivity index (χ4v) is 4.23. The molecule has 1 atom stereocenters. The molecule has 146 valence electrons. The molecule has 4 rings (SSSR count). The molecule has 1 aliphatic heterocycles. The van der Waals surface area contributed by atoms with E-state index < -0.39 is 0 Å². The molecular weight excluding hydrogens is 379 g/mol. The number of fused-ring (bicyclic) bond motifs is 1. The van der Waals surface area contributed by atoms with Gasteiger partial charge in [0.1, 0.15) is 11.6 Å². The van der Waals surface area contributed by atoms with Crippen LogP contribution in [0.15, 0.2) is 24.3 Å². The van der Waals surface area contributed by atoms with Crippen molar-refractivity contribution in [3.63, 3.8) is 0 Å². The maximum absolute atomic E-state index is 13.2. The summed E-state index contributed by atoms with van der Waals surface area (Å²) < 4.78 is 19.6. The maximum Gasteiger partial charge on any atom is 0.254 e. The predicted molar refractivity (Wildman–Crippen MR) is 106 cm³/mol. The first-order valence-corrected chi connectivity index (χ1v) is 9.79. The van der Waals surface area contributed by atoms with E-state index in [2.05, 4.69) is 13.9 Å². The number of imidazole rings is 1. The minimum atomic E-state index is -0.354. The van der Waals surface area contributed by atoms with Gasteiger partial charge in [-0.1, -0.05) is 0 Å². The Labute approximate surface area is 166 Å². The van der Waals surface area contributed by atoms with Crippen LogP contribution in [0.25, 0.3) is 10.8 Å². The van der Waals surface area contributed by atoms with Crippen LogP contribution < -0.4 is 4.90 Å². The van der Waals surface area contributed by atoms with Crippen molar-refractivity contribution in [1.82, 2.24) is 23.8 Å². The van der Waals surface area contributed by atoms with Crippen molar-refractivity contribution in [3.05, 3.63) is 47.2 Å². The highest BCUT2D eigenvalue weighted by Gasteiger charge is 2.34. The topological polar surface area (TPSA) is 67.2 Å². The van der Waals surface area contributed by atoms with E-state index in [4.69, 9.17) is 4.98 Å². The monoisotopic (exact) mass is 400 g/mol. The van der Waals surface area contributed by atoms with E-state index >= 15 is 0 Å². The van der Waals surface area contributed by atoms with E-state index in [9.17, 15) is 9.18 Å². The van der Waals surface area contributed by atoms with E-state index in [0.717, 1.165) is 28.2 Å². The number of amides is 1. The van der Waals surface area contributed by atoms with Crippen LogP contribution in [0.3, 0.4) is 0 Å². The quantitative estimate of drug-likeness (QED) is 0.676. The van der Waals surface area contributed by atoms with Crippen LogP contribution in [-0.4, -0.2) is 50.4 Å². The predicted octanol–water partition coefficient (Wildman–Crippen LogP) is 3.13. The van der Waals surface area contributed by atoms with Crippen LogP contribution in [0.4, 0.5) is 10.2 Å². The summed E-state index contributed by atoms with van der Waals surface area (Å²) in [5.74, 6) is 1.85. The molecule has 3 heterocycles.